The lowest BCUT2D eigenvalue weighted by Crippen LogP contribution is -2.56. The third-order valence-corrected chi connectivity index (χ3v) is 8.19. The van der Waals surface area contributed by atoms with Gasteiger partial charge in [-0.1, -0.05) is 39.6 Å². The summed E-state index contributed by atoms with van der Waals surface area (Å²) in [6.45, 7) is 12.5. The molecule has 0 heterocycles. The summed E-state index contributed by atoms with van der Waals surface area (Å²) in [4.78, 5) is 10.8. The van der Waals surface area contributed by atoms with Crippen molar-refractivity contribution < 1.29 is 9.53 Å². The molecule has 88 valence electrons. The van der Waals surface area contributed by atoms with Gasteiger partial charge in [0.1, 0.15) is 0 Å². The van der Waals surface area contributed by atoms with Gasteiger partial charge in [-0.05, 0) is 6.42 Å². The van der Waals surface area contributed by atoms with Crippen LogP contribution >= 0.6 is 0 Å². The number of nitrogens with two attached hydrogens (primary N) is 1. The quantitative estimate of drug-likeness (QED) is 0.328. The molecule has 0 aliphatic carbocycles. The molecule has 0 aliphatic heterocycles. The van der Waals surface area contributed by atoms with Crippen LogP contribution in [0.4, 0.5) is 0 Å². The van der Waals surface area contributed by atoms with Crippen LogP contribution in [0.1, 0.15) is 20.3 Å². The number of rotatable bonds is 6. The van der Waals surface area contributed by atoms with Crippen molar-refractivity contribution in [3.8, 4) is 0 Å². The lowest BCUT2D eigenvalue weighted by atomic mass is 10.4. The molecule has 0 aliphatic rings. The maximum Gasteiger partial charge on any atom is 0.330 e. The van der Waals surface area contributed by atoms with Gasteiger partial charge >= 0.3 is 5.97 Å². The Morgan fingerprint density at radius 1 is 1.53 bits per heavy atom. The number of hydrogen-bond acceptors (Lipinski definition) is 3. The molecular weight excluding hydrogens is 206 g/mol. The van der Waals surface area contributed by atoms with E-state index in [1.807, 2.05) is 0 Å². The zero-order valence-electron chi connectivity index (χ0n) is 10.3. The van der Waals surface area contributed by atoms with Gasteiger partial charge < -0.3 is 10.5 Å². The summed E-state index contributed by atoms with van der Waals surface area (Å²) < 4.78 is 4.92. The van der Waals surface area contributed by atoms with Crippen molar-refractivity contribution in [1.29, 1.82) is 0 Å². The molecule has 4 heteroatoms. The van der Waals surface area contributed by atoms with Crippen molar-refractivity contribution in [2.45, 2.75) is 44.6 Å². The Kier molecular flexibility index (Phi) is 5.24. The fourth-order valence-electron chi connectivity index (χ4n) is 1.07. The van der Waals surface area contributed by atoms with Gasteiger partial charge in [0.25, 0.3) is 0 Å². The van der Waals surface area contributed by atoms with Crippen LogP contribution in [-0.4, -0.2) is 25.8 Å². The maximum atomic E-state index is 10.8. The molecule has 0 radical (unpaired) electrons. The predicted octanol–water partition coefficient (Wildman–Crippen LogP) is 2.09. The fraction of sp³-hybridized carbons (Fsp3) is 0.727. The molecule has 0 rings (SSSR count). The van der Waals surface area contributed by atoms with Crippen LogP contribution in [0.25, 0.3) is 0 Å². The zero-order chi connectivity index (χ0) is 12.1. The summed E-state index contributed by atoms with van der Waals surface area (Å²) in [5.74, 6) is -0.346. The molecule has 0 fully saturated rings. The maximum absolute atomic E-state index is 10.8. The predicted molar refractivity (Wildman–Crippen MR) is 66.3 cm³/mol. The molecule has 0 amide bonds. The van der Waals surface area contributed by atoms with E-state index in [0.717, 1.165) is 12.5 Å². The average Bonchev–Trinajstić information content (AvgIpc) is 2.10. The van der Waals surface area contributed by atoms with Gasteiger partial charge in [-0.25, -0.2) is 4.79 Å². The molecule has 15 heavy (non-hydrogen) atoms. The van der Waals surface area contributed by atoms with Crippen molar-refractivity contribution in [1.82, 2.24) is 0 Å². The average molecular weight is 229 g/mol. The second-order valence-corrected chi connectivity index (χ2v) is 10.6. The monoisotopic (exact) mass is 229 g/mol. The lowest BCUT2D eigenvalue weighted by molar-refractivity contribution is -0.137. The van der Waals surface area contributed by atoms with Gasteiger partial charge in [-0.15, -0.1) is 0 Å². The van der Waals surface area contributed by atoms with E-state index in [2.05, 4.69) is 33.5 Å². The molecule has 0 unspecified atom stereocenters. The SMILES string of the molecule is C=CC(=O)OCCC[Si](C)(C)C(C)(C)N. The third kappa shape index (κ3) is 5.13. The van der Waals surface area contributed by atoms with E-state index in [1.54, 1.807) is 0 Å². The van der Waals surface area contributed by atoms with Gasteiger partial charge in [0.05, 0.1) is 14.7 Å². The first-order chi connectivity index (χ1) is 6.70. The van der Waals surface area contributed by atoms with E-state index in [-0.39, 0.29) is 11.1 Å². The van der Waals surface area contributed by atoms with Crippen LogP contribution in [0.15, 0.2) is 12.7 Å². The number of ether oxygens (including phenoxy) is 1. The van der Waals surface area contributed by atoms with Crippen molar-refractivity contribution in [3.05, 3.63) is 12.7 Å². The van der Waals surface area contributed by atoms with Crippen LogP contribution in [-0.2, 0) is 9.53 Å². The van der Waals surface area contributed by atoms with E-state index in [9.17, 15) is 4.79 Å². The zero-order valence-corrected chi connectivity index (χ0v) is 11.3. The van der Waals surface area contributed by atoms with Crippen LogP contribution in [0, 0.1) is 0 Å². The van der Waals surface area contributed by atoms with Crippen molar-refractivity contribution in [2.24, 2.45) is 5.73 Å². The Labute approximate surface area is 93.7 Å². The summed E-state index contributed by atoms with van der Waals surface area (Å²) in [5.41, 5.74) is 6.12. The minimum atomic E-state index is -1.43. The Morgan fingerprint density at radius 2 is 2.07 bits per heavy atom. The molecule has 0 aromatic carbocycles. The van der Waals surface area contributed by atoms with Gasteiger partial charge in [0.2, 0.25) is 0 Å². The number of carbonyl (C=O) groups excluding carboxylic acids is 1. The summed E-state index contributed by atoms with van der Waals surface area (Å²) in [6, 6.07) is 1.07. The second-order valence-electron chi connectivity index (χ2n) is 5.08. The van der Waals surface area contributed by atoms with Crippen LogP contribution in [0.2, 0.25) is 19.1 Å². The van der Waals surface area contributed by atoms with Crippen molar-refractivity contribution in [3.63, 3.8) is 0 Å². The van der Waals surface area contributed by atoms with Crippen molar-refractivity contribution in [2.75, 3.05) is 6.61 Å². The lowest BCUT2D eigenvalue weighted by Gasteiger charge is -2.36. The number of carbonyl (C=O) groups is 1. The Hall–Kier alpha value is -0.613. The van der Waals surface area contributed by atoms with Gasteiger partial charge in [-0.2, -0.15) is 0 Å². The summed E-state index contributed by atoms with van der Waals surface area (Å²) in [7, 11) is -1.43. The minimum absolute atomic E-state index is 0.0879. The third-order valence-electron chi connectivity index (χ3n) is 3.10. The highest BCUT2D eigenvalue weighted by Crippen LogP contribution is 2.23. The highest BCUT2D eigenvalue weighted by molar-refractivity contribution is 6.80. The van der Waals surface area contributed by atoms with Crippen LogP contribution in [0.3, 0.4) is 0 Å². The Balaban J connectivity index is 3.86. The van der Waals surface area contributed by atoms with Gasteiger partial charge in [0, 0.05) is 11.2 Å². The molecule has 0 spiro atoms. The van der Waals surface area contributed by atoms with E-state index < -0.39 is 8.07 Å². The topological polar surface area (TPSA) is 52.3 Å². The summed E-state index contributed by atoms with van der Waals surface area (Å²) in [6.07, 6.45) is 2.08. The Morgan fingerprint density at radius 3 is 2.47 bits per heavy atom. The second kappa shape index (κ2) is 5.46. The first kappa shape index (κ1) is 14.4. The highest BCUT2D eigenvalue weighted by atomic mass is 28.3. The van der Waals surface area contributed by atoms with E-state index in [0.29, 0.717) is 6.61 Å². The minimum Gasteiger partial charge on any atom is -0.463 e. The van der Waals surface area contributed by atoms with E-state index in [4.69, 9.17) is 10.5 Å². The molecule has 0 saturated carbocycles. The number of esters is 1. The van der Waals surface area contributed by atoms with E-state index in [1.165, 1.54) is 6.08 Å². The summed E-state index contributed by atoms with van der Waals surface area (Å²) >= 11 is 0. The molecule has 2 N–H and O–H groups in total. The van der Waals surface area contributed by atoms with Crippen LogP contribution < -0.4 is 5.73 Å². The first-order valence-corrected chi connectivity index (χ1v) is 8.49. The highest BCUT2D eigenvalue weighted by Gasteiger charge is 2.34. The molecular formula is C11H23NO2Si. The van der Waals surface area contributed by atoms with Gasteiger partial charge in [-0.3, -0.25) is 0 Å². The van der Waals surface area contributed by atoms with Crippen LogP contribution in [0.5, 0.6) is 0 Å². The van der Waals surface area contributed by atoms with Crippen molar-refractivity contribution >= 4 is 14.0 Å². The molecule has 0 bridgehead atoms. The van der Waals surface area contributed by atoms with Gasteiger partial charge in [0.15, 0.2) is 0 Å². The standard InChI is InChI=1S/C11H23NO2Si/c1-6-10(13)14-8-7-9-15(4,5)11(2,3)12/h6H,1,7-9,12H2,2-5H3. The number of hydrogen-bond donors (Lipinski definition) is 1. The smallest absolute Gasteiger partial charge is 0.330 e. The molecule has 0 aromatic rings. The molecule has 0 aromatic heterocycles. The normalized spacial score (nSPS) is 12.3. The first-order valence-electron chi connectivity index (χ1n) is 5.29. The molecule has 0 atom stereocenters. The molecule has 0 saturated heterocycles. The molecule has 3 nitrogen and oxygen atoms in total. The van der Waals surface area contributed by atoms with E-state index >= 15 is 0 Å². The largest absolute Gasteiger partial charge is 0.463 e. The fourth-order valence-corrected chi connectivity index (χ4v) is 2.74. The Bertz CT molecular complexity index is 231. The summed E-state index contributed by atoms with van der Waals surface area (Å²) in [5, 5.41) is -0.0879.